The highest BCUT2D eigenvalue weighted by Gasteiger charge is 2.20. The number of nitrogens with one attached hydrogen (secondary N) is 1. The lowest BCUT2D eigenvalue weighted by molar-refractivity contribution is 0.279. The fourth-order valence-corrected chi connectivity index (χ4v) is 3.43. The number of nitrogens with zero attached hydrogens (tertiary/aromatic N) is 2. The molecule has 1 N–H and O–H groups in total. The molecule has 1 aromatic rings. The van der Waals surface area contributed by atoms with Crippen molar-refractivity contribution in [3.8, 4) is 0 Å². The van der Waals surface area contributed by atoms with E-state index in [0.29, 0.717) is 6.04 Å². The van der Waals surface area contributed by atoms with Crippen LogP contribution in [0.25, 0.3) is 0 Å². The molecule has 108 valence electrons. The summed E-state index contributed by atoms with van der Waals surface area (Å²) in [6.07, 6.45) is 7.83. The predicted octanol–water partition coefficient (Wildman–Crippen LogP) is 3.69. The molecular weight excluding hydrogens is 258 g/mol. The SMILES string of the molecule is CCc1nn(C)c(CN[C@@H](C)C2CCCCC2)c1Cl. The van der Waals surface area contributed by atoms with Gasteiger partial charge in [0.05, 0.1) is 16.4 Å². The Labute approximate surface area is 121 Å². The summed E-state index contributed by atoms with van der Waals surface area (Å²) < 4.78 is 1.92. The molecule has 0 aromatic carbocycles. The van der Waals surface area contributed by atoms with E-state index in [1.165, 1.54) is 32.1 Å². The second kappa shape index (κ2) is 6.76. The molecule has 0 unspecified atom stereocenters. The summed E-state index contributed by atoms with van der Waals surface area (Å²) in [5.41, 5.74) is 2.12. The van der Waals surface area contributed by atoms with Gasteiger partial charge in [0.1, 0.15) is 0 Å². The van der Waals surface area contributed by atoms with E-state index in [1.54, 1.807) is 0 Å². The zero-order valence-electron chi connectivity index (χ0n) is 12.4. The van der Waals surface area contributed by atoms with E-state index in [1.807, 2.05) is 11.7 Å². The minimum Gasteiger partial charge on any atom is -0.308 e. The largest absolute Gasteiger partial charge is 0.308 e. The summed E-state index contributed by atoms with van der Waals surface area (Å²) in [6, 6.07) is 0.566. The molecule has 0 amide bonds. The van der Waals surface area contributed by atoms with Crippen LogP contribution in [0.3, 0.4) is 0 Å². The van der Waals surface area contributed by atoms with Crippen molar-refractivity contribution in [2.75, 3.05) is 0 Å². The van der Waals surface area contributed by atoms with Gasteiger partial charge in [0.2, 0.25) is 0 Å². The summed E-state index contributed by atoms with van der Waals surface area (Å²) in [5.74, 6) is 0.825. The number of aromatic nitrogens is 2. The maximum absolute atomic E-state index is 6.38. The molecule has 3 nitrogen and oxygen atoms in total. The monoisotopic (exact) mass is 283 g/mol. The first-order valence-corrected chi connectivity index (χ1v) is 7.94. The van der Waals surface area contributed by atoms with Crippen LogP contribution in [-0.4, -0.2) is 15.8 Å². The van der Waals surface area contributed by atoms with Crippen molar-refractivity contribution in [3.63, 3.8) is 0 Å². The highest BCUT2D eigenvalue weighted by molar-refractivity contribution is 6.31. The van der Waals surface area contributed by atoms with Crippen molar-refractivity contribution in [1.82, 2.24) is 15.1 Å². The van der Waals surface area contributed by atoms with Crippen molar-refractivity contribution < 1.29 is 0 Å². The van der Waals surface area contributed by atoms with Crippen LogP contribution < -0.4 is 5.32 Å². The molecule has 0 saturated heterocycles. The Hall–Kier alpha value is -0.540. The maximum atomic E-state index is 6.38. The van der Waals surface area contributed by atoms with Crippen molar-refractivity contribution in [3.05, 3.63) is 16.4 Å². The second-order valence-electron chi connectivity index (χ2n) is 5.75. The van der Waals surface area contributed by atoms with Crippen LogP contribution >= 0.6 is 11.6 Å². The topological polar surface area (TPSA) is 29.9 Å². The Morgan fingerprint density at radius 1 is 1.37 bits per heavy atom. The molecular formula is C15H26ClN3. The average Bonchev–Trinajstić information content (AvgIpc) is 2.72. The Bertz CT molecular complexity index is 408. The van der Waals surface area contributed by atoms with Gasteiger partial charge >= 0.3 is 0 Å². The molecule has 0 spiro atoms. The van der Waals surface area contributed by atoms with E-state index in [-0.39, 0.29) is 0 Å². The Balaban J connectivity index is 1.92. The van der Waals surface area contributed by atoms with Crippen LogP contribution in [0.4, 0.5) is 0 Å². The quantitative estimate of drug-likeness (QED) is 0.893. The first-order chi connectivity index (χ1) is 9.13. The Kier molecular flexibility index (Phi) is 5.28. The summed E-state index contributed by atoms with van der Waals surface area (Å²) in [6.45, 7) is 5.22. The minimum atomic E-state index is 0.566. The van der Waals surface area contributed by atoms with Crippen LogP contribution in [0.5, 0.6) is 0 Å². The van der Waals surface area contributed by atoms with Gasteiger partial charge in [-0.15, -0.1) is 0 Å². The van der Waals surface area contributed by atoms with E-state index in [2.05, 4.69) is 24.3 Å². The van der Waals surface area contributed by atoms with E-state index in [9.17, 15) is 0 Å². The van der Waals surface area contributed by atoms with Gasteiger partial charge in [-0.2, -0.15) is 5.10 Å². The Morgan fingerprint density at radius 3 is 2.63 bits per heavy atom. The number of aryl methyl sites for hydroxylation is 2. The number of hydrogen-bond donors (Lipinski definition) is 1. The smallest absolute Gasteiger partial charge is 0.0863 e. The van der Waals surface area contributed by atoms with E-state index >= 15 is 0 Å². The van der Waals surface area contributed by atoms with Gasteiger partial charge in [-0.3, -0.25) is 4.68 Å². The molecule has 0 radical (unpaired) electrons. The number of hydrogen-bond acceptors (Lipinski definition) is 2. The standard InChI is InChI=1S/C15H26ClN3/c1-4-13-15(16)14(19(3)18-13)10-17-11(2)12-8-6-5-7-9-12/h11-12,17H,4-10H2,1-3H3/t11-/m0/s1. The molecule has 1 aliphatic carbocycles. The van der Waals surface area contributed by atoms with E-state index in [0.717, 1.165) is 35.3 Å². The van der Waals surface area contributed by atoms with Crippen LogP contribution in [0.2, 0.25) is 5.02 Å². The summed E-state index contributed by atoms with van der Waals surface area (Å²) >= 11 is 6.38. The van der Waals surface area contributed by atoms with E-state index in [4.69, 9.17) is 11.6 Å². The van der Waals surface area contributed by atoms with Gasteiger partial charge in [-0.25, -0.2) is 0 Å². The third-order valence-electron chi connectivity index (χ3n) is 4.45. The lowest BCUT2D eigenvalue weighted by atomic mass is 9.84. The van der Waals surface area contributed by atoms with Crippen molar-refractivity contribution in [1.29, 1.82) is 0 Å². The molecule has 0 aliphatic heterocycles. The van der Waals surface area contributed by atoms with Crippen LogP contribution in [0.15, 0.2) is 0 Å². The third-order valence-corrected chi connectivity index (χ3v) is 4.89. The van der Waals surface area contributed by atoms with Gasteiger partial charge in [0.15, 0.2) is 0 Å². The van der Waals surface area contributed by atoms with Crippen molar-refractivity contribution in [2.45, 2.75) is 65.0 Å². The summed E-state index contributed by atoms with van der Waals surface area (Å²) in [4.78, 5) is 0. The number of rotatable bonds is 5. The molecule has 1 fully saturated rings. The summed E-state index contributed by atoms with van der Waals surface area (Å²) in [7, 11) is 1.98. The number of halogens is 1. The lowest BCUT2D eigenvalue weighted by Crippen LogP contribution is -2.34. The zero-order valence-corrected chi connectivity index (χ0v) is 13.1. The highest BCUT2D eigenvalue weighted by Crippen LogP contribution is 2.27. The van der Waals surface area contributed by atoms with Crippen molar-refractivity contribution >= 4 is 11.6 Å². The molecule has 2 rings (SSSR count). The highest BCUT2D eigenvalue weighted by atomic mass is 35.5. The van der Waals surface area contributed by atoms with E-state index < -0.39 is 0 Å². The lowest BCUT2D eigenvalue weighted by Gasteiger charge is -2.28. The minimum absolute atomic E-state index is 0.566. The van der Waals surface area contributed by atoms with Gasteiger partial charge in [0, 0.05) is 19.6 Å². The predicted molar refractivity (Wildman–Crippen MR) is 80.5 cm³/mol. The van der Waals surface area contributed by atoms with Gasteiger partial charge in [-0.1, -0.05) is 37.8 Å². The zero-order chi connectivity index (χ0) is 13.8. The molecule has 4 heteroatoms. The first kappa shape index (κ1) is 14.9. The molecule has 19 heavy (non-hydrogen) atoms. The summed E-state index contributed by atoms with van der Waals surface area (Å²) in [5, 5.41) is 8.95. The average molecular weight is 284 g/mol. The molecule has 1 heterocycles. The third kappa shape index (κ3) is 3.51. The molecule has 1 aliphatic rings. The maximum Gasteiger partial charge on any atom is 0.0863 e. The molecule has 1 saturated carbocycles. The van der Waals surface area contributed by atoms with Gasteiger partial charge < -0.3 is 5.32 Å². The fraction of sp³-hybridized carbons (Fsp3) is 0.800. The normalized spacial score (nSPS) is 18.7. The van der Waals surface area contributed by atoms with Gasteiger partial charge in [-0.05, 0) is 32.1 Å². The fourth-order valence-electron chi connectivity index (χ4n) is 3.07. The molecule has 1 aromatic heterocycles. The Morgan fingerprint density at radius 2 is 2.05 bits per heavy atom. The van der Waals surface area contributed by atoms with Crippen LogP contribution in [0, 0.1) is 5.92 Å². The van der Waals surface area contributed by atoms with Gasteiger partial charge in [0.25, 0.3) is 0 Å². The van der Waals surface area contributed by atoms with Crippen LogP contribution in [-0.2, 0) is 20.0 Å². The van der Waals surface area contributed by atoms with Crippen molar-refractivity contribution in [2.24, 2.45) is 13.0 Å². The molecule has 0 bridgehead atoms. The van der Waals surface area contributed by atoms with Crippen LogP contribution in [0.1, 0.15) is 57.3 Å². The first-order valence-electron chi connectivity index (χ1n) is 7.57. The molecule has 1 atom stereocenters. The second-order valence-corrected chi connectivity index (χ2v) is 6.13.